The molecule has 0 unspecified atom stereocenters. The van der Waals surface area contributed by atoms with E-state index in [1.807, 2.05) is 0 Å². The second kappa shape index (κ2) is 4.44. The third kappa shape index (κ3) is 1.74. The van der Waals surface area contributed by atoms with Gasteiger partial charge in [0, 0.05) is 29.7 Å². The first-order valence-electron chi connectivity index (χ1n) is 7.21. The molecule has 108 valence electrons. The van der Waals surface area contributed by atoms with E-state index in [9.17, 15) is 4.79 Å². The fraction of sp³-hybridized carbons (Fsp3) is 0.312. The van der Waals surface area contributed by atoms with E-state index in [4.69, 9.17) is 5.84 Å². The molecule has 21 heavy (non-hydrogen) atoms. The summed E-state index contributed by atoms with van der Waals surface area (Å²) in [6.45, 7) is 0.701. The first kappa shape index (κ1) is 12.6. The molecule has 2 aromatic rings. The van der Waals surface area contributed by atoms with Crippen LogP contribution in [0.1, 0.15) is 11.1 Å². The van der Waals surface area contributed by atoms with Gasteiger partial charge in [-0.3, -0.25) is 15.1 Å². The standard InChI is InChI=1S/C16H18N4O/c1-20-8-10(16(21)19-17)5-12-11-3-2-4-13-15(11)9(7-18-13)6-14(12)20/h2-5,7,10,14,18H,6,8,17H2,1H3,(H,19,21)/t10-,14-/m1/s1. The van der Waals surface area contributed by atoms with Crippen LogP contribution in [0.5, 0.6) is 0 Å². The molecule has 1 aromatic heterocycles. The van der Waals surface area contributed by atoms with E-state index in [0.717, 1.165) is 11.9 Å². The van der Waals surface area contributed by atoms with E-state index >= 15 is 0 Å². The lowest BCUT2D eigenvalue weighted by Crippen LogP contribution is -2.47. The maximum Gasteiger partial charge on any atom is 0.242 e. The predicted octanol–water partition coefficient (Wildman–Crippen LogP) is 1.03. The van der Waals surface area contributed by atoms with Crippen molar-refractivity contribution in [1.82, 2.24) is 15.3 Å². The number of nitrogens with zero attached hydrogens (tertiary/aromatic N) is 1. The average molecular weight is 282 g/mol. The van der Waals surface area contributed by atoms with E-state index in [0.29, 0.717) is 12.6 Å². The first-order valence-corrected chi connectivity index (χ1v) is 7.21. The smallest absolute Gasteiger partial charge is 0.242 e. The van der Waals surface area contributed by atoms with Gasteiger partial charge in [0.15, 0.2) is 0 Å². The van der Waals surface area contributed by atoms with Crippen molar-refractivity contribution in [2.75, 3.05) is 13.6 Å². The molecule has 0 spiro atoms. The van der Waals surface area contributed by atoms with Gasteiger partial charge in [-0.1, -0.05) is 18.2 Å². The van der Waals surface area contributed by atoms with Gasteiger partial charge in [-0.15, -0.1) is 0 Å². The second-order valence-corrected chi connectivity index (χ2v) is 5.94. The number of benzene rings is 1. The number of hydrazine groups is 1. The van der Waals surface area contributed by atoms with Crippen LogP contribution in [0.3, 0.4) is 0 Å². The van der Waals surface area contributed by atoms with Gasteiger partial charge < -0.3 is 4.98 Å². The number of H-pyrrole nitrogens is 1. The first-order chi connectivity index (χ1) is 10.2. The van der Waals surface area contributed by atoms with Crippen LogP contribution in [-0.4, -0.2) is 35.4 Å². The number of amides is 1. The van der Waals surface area contributed by atoms with Crippen LogP contribution in [0.2, 0.25) is 0 Å². The Morgan fingerprint density at radius 2 is 2.33 bits per heavy atom. The maximum absolute atomic E-state index is 11.9. The molecular formula is C16H18N4O. The molecule has 0 bridgehead atoms. The van der Waals surface area contributed by atoms with Crippen molar-refractivity contribution < 1.29 is 4.79 Å². The highest BCUT2D eigenvalue weighted by Crippen LogP contribution is 2.40. The van der Waals surface area contributed by atoms with E-state index in [1.54, 1.807) is 0 Å². The van der Waals surface area contributed by atoms with Crippen molar-refractivity contribution in [2.24, 2.45) is 11.8 Å². The Morgan fingerprint density at radius 1 is 1.48 bits per heavy atom. The van der Waals surface area contributed by atoms with Crippen molar-refractivity contribution in [1.29, 1.82) is 0 Å². The summed E-state index contributed by atoms with van der Waals surface area (Å²) in [5.41, 5.74) is 7.28. The molecule has 0 saturated carbocycles. The van der Waals surface area contributed by atoms with Gasteiger partial charge in [-0.05, 0) is 36.2 Å². The Balaban J connectivity index is 1.91. The monoisotopic (exact) mass is 282 g/mol. The summed E-state index contributed by atoms with van der Waals surface area (Å²) in [4.78, 5) is 17.5. The number of hydrogen-bond acceptors (Lipinski definition) is 3. The van der Waals surface area contributed by atoms with Crippen molar-refractivity contribution >= 4 is 22.4 Å². The van der Waals surface area contributed by atoms with Gasteiger partial charge in [-0.2, -0.15) is 0 Å². The van der Waals surface area contributed by atoms with Gasteiger partial charge >= 0.3 is 0 Å². The SMILES string of the molecule is CN1C[C@H](C(=O)NN)C=C2c3cccc4[nH]cc(c34)C[C@H]21. The molecule has 5 nitrogen and oxygen atoms in total. The summed E-state index contributed by atoms with van der Waals surface area (Å²) in [6, 6.07) is 6.64. The Labute approximate surface area is 122 Å². The highest BCUT2D eigenvalue weighted by Gasteiger charge is 2.35. The van der Waals surface area contributed by atoms with Gasteiger partial charge in [0.1, 0.15) is 0 Å². The van der Waals surface area contributed by atoms with Crippen molar-refractivity contribution in [2.45, 2.75) is 12.5 Å². The molecule has 4 N–H and O–H groups in total. The Morgan fingerprint density at radius 3 is 3.14 bits per heavy atom. The molecular weight excluding hydrogens is 264 g/mol. The minimum absolute atomic E-state index is 0.125. The number of aromatic nitrogens is 1. The molecule has 1 aliphatic heterocycles. The molecule has 5 heteroatoms. The molecule has 1 aliphatic carbocycles. The summed E-state index contributed by atoms with van der Waals surface area (Å²) in [6.07, 6.45) is 5.19. The second-order valence-electron chi connectivity index (χ2n) is 5.94. The van der Waals surface area contributed by atoms with Crippen LogP contribution in [0, 0.1) is 5.92 Å². The summed E-state index contributed by atoms with van der Waals surface area (Å²) in [5, 5.41) is 1.29. The maximum atomic E-state index is 11.9. The predicted molar refractivity (Wildman–Crippen MR) is 82.2 cm³/mol. The van der Waals surface area contributed by atoms with Crippen LogP contribution < -0.4 is 11.3 Å². The number of nitrogens with two attached hydrogens (primary N) is 1. The number of carbonyl (C=O) groups excluding carboxylic acids is 1. The molecule has 2 aliphatic rings. The minimum atomic E-state index is -0.193. The van der Waals surface area contributed by atoms with Crippen molar-refractivity contribution in [3.05, 3.63) is 41.6 Å². The number of rotatable bonds is 1. The number of aromatic amines is 1. The zero-order valence-electron chi connectivity index (χ0n) is 11.9. The summed E-state index contributed by atoms with van der Waals surface area (Å²) in [5.74, 6) is 4.98. The van der Waals surface area contributed by atoms with E-state index in [1.165, 1.54) is 22.1 Å². The number of nitrogens with one attached hydrogen (secondary N) is 2. The van der Waals surface area contributed by atoms with E-state index in [2.05, 4.69) is 52.8 Å². The Kier molecular flexibility index (Phi) is 2.67. The lowest BCUT2D eigenvalue weighted by atomic mass is 9.80. The molecule has 1 amide bonds. The van der Waals surface area contributed by atoms with Crippen LogP contribution >= 0.6 is 0 Å². The number of fused-ring (bicyclic) bond motifs is 2. The summed E-state index contributed by atoms with van der Waals surface area (Å²) >= 11 is 0. The molecule has 2 atom stereocenters. The topological polar surface area (TPSA) is 74.2 Å². The van der Waals surface area contributed by atoms with Gasteiger partial charge in [0.25, 0.3) is 0 Å². The molecule has 0 saturated heterocycles. The van der Waals surface area contributed by atoms with Crippen LogP contribution in [0.4, 0.5) is 0 Å². The van der Waals surface area contributed by atoms with Crippen molar-refractivity contribution in [3.8, 4) is 0 Å². The fourth-order valence-corrected chi connectivity index (χ4v) is 3.72. The minimum Gasteiger partial charge on any atom is -0.361 e. The third-order valence-corrected chi connectivity index (χ3v) is 4.75. The highest BCUT2D eigenvalue weighted by atomic mass is 16.2. The van der Waals surface area contributed by atoms with Crippen LogP contribution in [-0.2, 0) is 11.2 Å². The third-order valence-electron chi connectivity index (χ3n) is 4.75. The average Bonchev–Trinajstić information content (AvgIpc) is 2.92. The lowest BCUT2D eigenvalue weighted by molar-refractivity contribution is -0.124. The molecule has 0 fully saturated rings. The summed E-state index contributed by atoms with van der Waals surface area (Å²) in [7, 11) is 2.08. The van der Waals surface area contributed by atoms with Crippen LogP contribution in [0.25, 0.3) is 16.5 Å². The normalized spacial score (nSPS) is 24.6. The number of carbonyl (C=O) groups is 1. The lowest BCUT2D eigenvalue weighted by Gasteiger charge is -2.39. The quantitative estimate of drug-likeness (QED) is 0.415. The fourth-order valence-electron chi connectivity index (χ4n) is 3.72. The highest BCUT2D eigenvalue weighted by molar-refractivity contribution is 5.99. The van der Waals surface area contributed by atoms with Crippen LogP contribution in [0.15, 0.2) is 30.5 Å². The number of likely N-dealkylation sites (N-methyl/N-ethyl adjacent to an activating group) is 1. The Hall–Kier alpha value is -2.11. The zero-order valence-corrected chi connectivity index (χ0v) is 11.9. The largest absolute Gasteiger partial charge is 0.361 e. The Bertz CT molecular complexity index is 761. The molecule has 0 radical (unpaired) electrons. The van der Waals surface area contributed by atoms with Gasteiger partial charge in [-0.25, -0.2) is 5.84 Å². The number of hydrogen-bond donors (Lipinski definition) is 3. The van der Waals surface area contributed by atoms with Gasteiger partial charge in [0.2, 0.25) is 5.91 Å². The molecule has 2 heterocycles. The van der Waals surface area contributed by atoms with Gasteiger partial charge in [0.05, 0.1) is 5.92 Å². The van der Waals surface area contributed by atoms with E-state index in [-0.39, 0.29) is 11.8 Å². The molecule has 4 rings (SSSR count). The zero-order chi connectivity index (χ0) is 14.6. The summed E-state index contributed by atoms with van der Waals surface area (Å²) < 4.78 is 0. The van der Waals surface area contributed by atoms with Crippen molar-refractivity contribution in [3.63, 3.8) is 0 Å². The molecule has 1 aromatic carbocycles. The van der Waals surface area contributed by atoms with E-state index < -0.39 is 0 Å².